The monoisotopic (exact) mass is 411 g/mol. The van der Waals surface area contributed by atoms with Crippen LogP contribution in [0.25, 0.3) is 0 Å². The first-order valence-electron chi connectivity index (χ1n) is 10.3. The Hall–Kier alpha value is -2.79. The van der Waals surface area contributed by atoms with Crippen LogP contribution in [-0.2, 0) is 22.6 Å². The van der Waals surface area contributed by atoms with E-state index in [9.17, 15) is 0 Å². The molecule has 0 saturated carbocycles. The Morgan fingerprint density at radius 3 is 2.30 bits per heavy atom. The molecule has 30 heavy (non-hydrogen) atoms. The lowest BCUT2D eigenvalue weighted by Gasteiger charge is -2.14. The average Bonchev–Trinajstić information content (AvgIpc) is 2.73. The zero-order valence-electron chi connectivity index (χ0n) is 18.5. The number of nitrogens with zero attached hydrogens (tertiary/aromatic N) is 1. The van der Waals surface area contributed by atoms with E-state index < -0.39 is 0 Å². The van der Waals surface area contributed by atoms with Crippen LogP contribution in [0, 0.1) is 13.8 Å². The van der Waals surface area contributed by atoms with E-state index in [0.29, 0.717) is 26.4 Å². The van der Waals surface area contributed by atoms with Crippen molar-refractivity contribution < 1.29 is 19.0 Å². The minimum absolute atomic E-state index is 0.581. The Bertz CT molecular complexity index is 789. The molecule has 0 aromatic heterocycles. The second kappa shape index (κ2) is 13.4. The van der Waals surface area contributed by atoms with Gasteiger partial charge in [-0.15, -0.1) is 0 Å². The highest BCUT2D eigenvalue weighted by molar-refractivity contribution is 5.60. The van der Waals surface area contributed by atoms with Gasteiger partial charge in [-0.25, -0.2) is 0 Å². The SMILES string of the molecule is C/C=C/COc1cc(C)c(OCCCOCc2ccc(CC=NOC)cc2)c(C)c1. The molecule has 0 fully saturated rings. The zero-order chi connectivity index (χ0) is 21.6. The minimum Gasteiger partial charge on any atom is -0.493 e. The number of hydrogen-bond donors (Lipinski definition) is 0. The van der Waals surface area contributed by atoms with Crippen molar-refractivity contribution in [3.63, 3.8) is 0 Å². The molecule has 0 amide bonds. The number of allylic oxidation sites excluding steroid dienone is 1. The second-order valence-corrected chi connectivity index (χ2v) is 7.01. The summed E-state index contributed by atoms with van der Waals surface area (Å²) in [5.41, 5.74) is 4.52. The number of aryl methyl sites for hydroxylation is 2. The number of hydrogen-bond acceptors (Lipinski definition) is 5. The van der Waals surface area contributed by atoms with Crippen LogP contribution in [0.2, 0.25) is 0 Å². The number of oxime groups is 1. The van der Waals surface area contributed by atoms with Gasteiger partial charge < -0.3 is 19.0 Å². The maximum absolute atomic E-state index is 5.99. The highest BCUT2D eigenvalue weighted by Crippen LogP contribution is 2.28. The van der Waals surface area contributed by atoms with E-state index >= 15 is 0 Å². The first-order valence-corrected chi connectivity index (χ1v) is 10.3. The molecule has 0 aliphatic heterocycles. The lowest BCUT2D eigenvalue weighted by molar-refractivity contribution is 0.107. The number of rotatable bonds is 13. The minimum atomic E-state index is 0.581. The van der Waals surface area contributed by atoms with Gasteiger partial charge >= 0.3 is 0 Å². The van der Waals surface area contributed by atoms with E-state index in [4.69, 9.17) is 14.2 Å². The first-order chi connectivity index (χ1) is 14.6. The molecule has 2 aromatic carbocycles. The van der Waals surface area contributed by atoms with Gasteiger partial charge in [0.1, 0.15) is 25.2 Å². The highest BCUT2D eigenvalue weighted by Gasteiger charge is 2.07. The molecule has 5 heteroatoms. The molecule has 0 spiro atoms. The van der Waals surface area contributed by atoms with Gasteiger partial charge in [-0.2, -0.15) is 0 Å². The summed E-state index contributed by atoms with van der Waals surface area (Å²) in [4.78, 5) is 4.67. The van der Waals surface area contributed by atoms with Crippen molar-refractivity contribution in [3.05, 3.63) is 70.8 Å². The average molecular weight is 412 g/mol. The zero-order valence-corrected chi connectivity index (χ0v) is 18.5. The molecule has 5 nitrogen and oxygen atoms in total. The third-order valence-electron chi connectivity index (χ3n) is 4.49. The van der Waals surface area contributed by atoms with Crippen molar-refractivity contribution in [1.82, 2.24) is 0 Å². The van der Waals surface area contributed by atoms with Crippen LogP contribution in [0.1, 0.15) is 35.6 Å². The van der Waals surface area contributed by atoms with E-state index in [-0.39, 0.29) is 0 Å². The maximum atomic E-state index is 5.99. The van der Waals surface area contributed by atoms with Crippen molar-refractivity contribution in [2.45, 2.75) is 40.2 Å². The fourth-order valence-corrected chi connectivity index (χ4v) is 2.98. The van der Waals surface area contributed by atoms with E-state index in [0.717, 1.165) is 41.0 Å². The third-order valence-corrected chi connectivity index (χ3v) is 4.49. The molecule has 0 aliphatic rings. The summed E-state index contributed by atoms with van der Waals surface area (Å²) in [7, 11) is 1.54. The standard InChI is InChI=1S/C25H33NO4/c1-5-6-15-29-24-17-20(2)25(21(3)18-24)30-16-7-14-28-19-23-10-8-22(9-11-23)12-13-26-27-4/h5-6,8-11,13,17-18H,7,12,14-16,19H2,1-4H3/b6-5+,26-13?. The van der Waals surface area contributed by atoms with Gasteiger partial charge in [0.05, 0.1) is 19.8 Å². The molecule has 0 heterocycles. The Kier molecular flexibility index (Phi) is 10.5. The quantitative estimate of drug-likeness (QED) is 0.191. The van der Waals surface area contributed by atoms with Gasteiger partial charge in [-0.05, 0) is 55.2 Å². The van der Waals surface area contributed by atoms with Gasteiger partial charge in [0.2, 0.25) is 0 Å². The topological polar surface area (TPSA) is 49.3 Å². The van der Waals surface area contributed by atoms with Crippen molar-refractivity contribution in [2.24, 2.45) is 5.16 Å². The Morgan fingerprint density at radius 2 is 1.63 bits per heavy atom. The Morgan fingerprint density at radius 1 is 0.933 bits per heavy atom. The fraction of sp³-hybridized carbons (Fsp3) is 0.400. The van der Waals surface area contributed by atoms with Crippen LogP contribution >= 0.6 is 0 Å². The van der Waals surface area contributed by atoms with Gasteiger partial charge in [0, 0.05) is 19.1 Å². The molecule has 162 valence electrons. The van der Waals surface area contributed by atoms with Crippen LogP contribution in [-0.4, -0.2) is 33.1 Å². The summed E-state index contributed by atoms with van der Waals surface area (Å²) >= 11 is 0. The third kappa shape index (κ3) is 8.29. The smallest absolute Gasteiger partial charge is 0.125 e. The predicted molar refractivity (Wildman–Crippen MR) is 122 cm³/mol. The largest absolute Gasteiger partial charge is 0.493 e. The molecule has 2 aromatic rings. The van der Waals surface area contributed by atoms with Crippen molar-refractivity contribution in [2.75, 3.05) is 26.9 Å². The van der Waals surface area contributed by atoms with E-state index in [1.807, 2.05) is 45.1 Å². The summed E-state index contributed by atoms with van der Waals surface area (Å²) in [6.45, 7) is 8.54. The maximum Gasteiger partial charge on any atom is 0.125 e. The predicted octanol–water partition coefficient (Wildman–Crippen LogP) is 5.42. The Balaban J connectivity index is 1.68. The summed E-state index contributed by atoms with van der Waals surface area (Å²) in [5.74, 6) is 1.80. The number of ether oxygens (including phenoxy) is 3. The molecule has 0 aliphatic carbocycles. The Labute approximate surface area is 180 Å². The molecule has 0 unspecified atom stereocenters. The van der Waals surface area contributed by atoms with Crippen LogP contribution in [0.5, 0.6) is 11.5 Å². The summed E-state index contributed by atoms with van der Waals surface area (Å²) in [5, 5.41) is 3.75. The van der Waals surface area contributed by atoms with E-state index in [1.54, 1.807) is 13.3 Å². The van der Waals surface area contributed by atoms with Crippen LogP contribution in [0.3, 0.4) is 0 Å². The van der Waals surface area contributed by atoms with Crippen LogP contribution in [0.4, 0.5) is 0 Å². The first kappa shape index (κ1) is 23.5. The van der Waals surface area contributed by atoms with Crippen LogP contribution < -0.4 is 9.47 Å². The van der Waals surface area contributed by atoms with E-state index in [2.05, 4.69) is 34.3 Å². The molecule has 0 radical (unpaired) electrons. The molecule has 2 rings (SSSR count). The van der Waals surface area contributed by atoms with Gasteiger partial charge in [0.15, 0.2) is 0 Å². The number of benzene rings is 2. The van der Waals surface area contributed by atoms with E-state index in [1.165, 1.54) is 5.56 Å². The molecule has 0 bridgehead atoms. The fourth-order valence-electron chi connectivity index (χ4n) is 2.98. The van der Waals surface area contributed by atoms with Crippen molar-refractivity contribution in [1.29, 1.82) is 0 Å². The molecule has 0 atom stereocenters. The summed E-state index contributed by atoms with van der Waals surface area (Å²) < 4.78 is 17.5. The van der Waals surface area contributed by atoms with Gasteiger partial charge in [-0.3, -0.25) is 0 Å². The molecule has 0 N–H and O–H groups in total. The van der Waals surface area contributed by atoms with Crippen molar-refractivity contribution in [3.8, 4) is 11.5 Å². The van der Waals surface area contributed by atoms with Gasteiger partial charge in [-0.1, -0.05) is 41.6 Å². The molecular weight excluding hydrogens is 378 g/mol. The lowest BCUT2D eigenvalue weighted by atomic mass is 10.1. The second-order valence-electron chi connectivity index (χ2n) is 7.01. The van der Waals surface area contributed by atoms with Crippen molar-refractivity contribution >= 4 is 6.21 Å². The summed E-state index contributed by atoms with van der Waals surface area (Å²) in [6.07, 6.45) is 7.31. The summed E-state index contributed by atoms with van der Waals surface area (Å²) in [6, 6.07) is 12.4. The highest BCUT2D eigenvalue weighted by atomic mass is 16.6. The normalized spacial score (nSPS) is 11.3. The molecule has 0 saturated heterocycles. The van der Waals surface area contributed by atoms with Crippen LogP contribution in [0.15, 0.2) is 53.7 Å². The molecular formula is C25H33NO4. The lowest BCUT2D eigenvalue weighted by Crippen LogP contribution is -2.05. The van der Waals surface area contributed by atoms with Gasteiger partial charge in [0.25, 0.3) is 0 Å².